The number of ether oxygens (including phenoxy) is 1. The number of halogens is 1. The van der Waals surface area contributed by atoms with Gasteiger partial charge in [-0.15, -0.1) is 0 Å². The normalized spacial score (nSPS) is 23.0. The van der Waals surface area contributed by atoms with Gasteiger partial charge in [-0.05, 0) is 31.9 Å². The van der Waals surface area contributed by atoms with Crippen molar-refractivity contribution in [2.45, 2.75) is 38.2 Å². The Bertz CT molecular complexity index is 773. The largest absolute Gasteiger partial charge is 0.477 e. The summed E-state index contributed by atoms with van der Waals surface area (Å²) in [5.41, 5.74) is 2.80. The summed E-state index contributed by atoms with van der Waals surface area (Å²) in [7, 11) is 0. The van der Waals surface area contributed by atoms with Crippen LogP contribution in [0.15, 0.2) is 24.3 Å². The van der Waals surface area contributed by atoms with Gasteiger partial charge in [0.25, 0.3) is 5.91 Å². The zero-order valence-corrected chi connectivity index (χ0v) is 13.6. The van der Waals surface area contributed by atoms with E-state index in [0.29, 0.717) is 13.0 Å². The smallest absolute Gasteiger partial charge is 0.264 e. The van der Waals surface area contributed by atoms with Crippen LogP contribution in [0.3, 0.4) is 0 Å². The number of aromatic amines is 1. The molecule has 0 unspecified atom stereocenters. The summed E-state index contributed by atoms with van der Waals surface area (Å²) in [5, 5.41) is 7.29. The quantitative estimate of drug-likeness (QED) is 0.921. The van der Waals surface area contributed by atoms with Crippen molar-refractivity contribution >= 4 is 5.91 Å². The molecule has 3 heterocycles. The highest BCUT2D eigenvalue weighted by atomic mass is 19.1. The molecule has 2 aliphatic heterocycles. The summed E-state index contributed by atoms with van der Waals surface area (Å²) < 4.78 is 19.4. The van der Waals surface area contributed by atoms with Crippen molar-refractivity contribution in [3.8, 4) is 5.75 Å². The third-order valence-electron chi connectivity index (χ3n) is 4.87. The minimum Gasteiger partial charge on any atom is -0.477 e. The molecule has 0 bridgehead atoms. The van der Waals surface area contributed by atoms with Gasteiger partial charge in [0, 0.05) is 36.7 Å². The van der Waals surface area contributed by atoms with Gasteiger partial charge >= 0.3 is 0 Å². The Morgan fingerprint density at radius 2 is 2.33 bits per heavy atom. The maximum atomic E-state index is 13.8. The molecule has 2 aliphatic rings. The molecule has 0 saturated carbocycles. The molecule has 1 N–H and O–H groups in total. The van der Waals surface area contributed by atoms with E-state index in [2.05, 4.69) is 10.2 Å². The number of carbonyl (C=O) groups excluding carboxylic acids is 1. The topological polar surface area (TPSA) is 58.2 Å². The molecule has 24 heavy (non-hydrogen) atoms. The lowest BCUT2D eigenvalue weighted by atomic mass is 9.94. The molecule has 1 saturated heterocycles. The minimum atomic E-state index is -0.614. The number of nitrogens with one attached hydrogen (secondary N) is 1. The number of nitrogens with zero attached hydrogens (tertiary/aromatic N) is 2. The second-order valence-corrected chi connectivity index (χ2v) is 6.64. The number of hydrogen-bond acceptors (Lipinski definition) is 3. The van der Waals surface area contributed by atoms with E-state index in [0.717, 1.165) is 36.3 Å². The van der Waals surface area contributed by atoms with Crippen LogP contribution in [0.4, 0.5) is 4.39 Å². The van der Waals surface area contributed by atoms with E-state index in [-0.39, 0.29) is 17.6 Å². The molecule has 0 radical (unpaired) electrons. The second-order valence-electron chi connectivity index (χ2n) is 6.64. The third-order valence-corrected chi connectivity index (χ3v) is 4.87. The second kappa shape index (κ2) is 5.92. The van der Waals surface area contributed by atoms with Gasteiger partial charge in [0.15, 0.2) is 17.7 Å². The highest BCUT2D eigenvalue weighted by Crippen LogP contribution is 2.33. The van der Waals surface area contributed by atoms with Crippen LogP contribution in [-0.4, -0.2) is 40.2 Å². The molecule has 4 rings (SSSR count). The average molecular weight is 329 g/mol. The van der Waals surface area contributed by atoms with Crippen LogP contribution in [0.1, 0.15) is 35.7 Å². The molecule has 1 aromatic carbocycles. The number of benzene rings is 1. The van der Waals surface area contributed by atoms with Crippen LogP contribution in [0, 0.1) is 12.7 Å². The van der Waals surface area contributed by atoms with Gasteiger partial charge in [-0.25, -0.2) is 4.39 Å². The van der Waals surface area contributed by atoms with E-state index < -0.39 is 11.9 Å². The summed E-state index contributed by atoms with van der Waals surface area (Å²) >= 11 is 0. The molecule has 1 aromatic heterocycles. The summed E-state index contributed by atoms with van der Waals surface area (Å²) in [4.78, 5) is 14.7. The fourth-order valence-corrected chi connectivity index (χ4v) is 3.64. The zero-order chi connectivity index (χ0) is 16.7. The van der Waals surface area contributed by atoms with Crippen LogP contribution < -0.4 is 4.74 Å². The van der Waals surface area contributed by atoms with Gasteiger partial charge in [-0.1, -0.05) is 12.1 Å². The van der Waals surface area contributed by atoms with Gasteiger partial charge in [-0.3, -0.25) is 9.89 Å². The van der Waals surface area contributed by atoms with Crippen molar-refractivity contribution in [1.29, 1.82) is 0 Å². The number of rotatable bonds is 2. The number of hydrogen-bond donors (Lipinski definition) is 1. The Labute approximate surface area is 139 Å². The summed E-state index contributed by atoms with van der Waals surface area (Å²) in [6.45, 7) is 3.33. The Balaban J connectivity index is 1.46. The van der Waals surface area contributed by atoms with Crippen molar-refractivity contribution in [3.05, 3.63) is 47.0 Å². The van der Waals surface area contributed by atoms with Gasteiger partial charge in [-0.2, -0.15) is 5.10 Å². The van der Waals surface area contributed by atoms with Gasteiger partial charge < -0.3 is 9.64 Å². The van der Waals surface area contributed by atoms with Crippen LogP contribution in [0.25, 0.3) is 0 Å². The van der Waals surface area contributed by atoms with Gasteiger partial charge in [0.05, 0.1) is 5.69 Å². The predicted octanol–water partition coefficient (Wildman–Crippen LogP) is 2.57. The first-order valence-corrected chi connectivity index (χ1v) is 8.36. The Morgan fingerprint density at radius 3 is 3.08 bits per heavy atom. The lowest BCUT2D eigenvalue weighted by Crippen LogP contribution is -2.46. The van der Waals surface area contributed by atoms with Crippen molar-refractivity contribution < 1.29 is 13.9 Å². The predicted molar refractivity (Wildman–Crippen MR) is 86.4 cm³/mol. The molecule has 0 aliphatic carbocycles. The number of piperidine rings is 1. The highest BCUT2D eigenvalue weighted by molar-refractivity contribution is 5.82. The van der Waals surface area contributed by atoms with Crippen LogP contribution in [0.2, 0.25) is 0 Å². The van der Waals surface area contributed by atoms with Crippen molar-refractivity contribution in [1.82, 2.24) is 15.1 Å². The van der Waals surface area contributed by atoms with E-state index in [9.17, 15) is 9.18 Å². The number of aromatic nitrogens is 2. The summed E-state index contributed by atoms with van der Waals surface area (Å²) in [6, 6.07) is 6.87. The first-order valence-electron chi connectivity index (χ1n) is 8.36. The molecular weight excluding hydrogens is 309 g/mol. The van der Waals surface area contributed by atoms with Crippen LogP contribution in [0.5, 0.6) is 5.75 Å². The lowest BCUT2D eigenvalue weighted by molar-refractivity contribution is -0.139. The lowest BCUT2D eigenvalue weighted by Gasteiger charge is -2.33. The van der Waals surface area contributed by atoms with Crippen molar-refractivity contribution in [2.75, 3.05) is 13.1 Å². The molecular formula is C18H20FN3O2. The molecule has 2 aromatic rings. The molecule has 0 spiro atoms. The van der Waals surface area contributed by atoms with E-state index in [1.165, 1.54) is 6.07 Å². The van der Waals surface area contributed by atoms with Gasteiger partial charge in [0.1, 0.15) is 0 Å². The maximum Gasteiger partial charge on any atom is 0.264 e. The maximum absolute atomic E-state index is 13.8. The number of amides is 1. The Kier molecular flexibility index (Phi) is 3.75. The monoisotopic (exact) mass is 329 g/mol. The van der Waals surface area contributed by atoms with E-state index in [1.54, 1.807) is 6.07 Å². The molecule has 5 nitrogen and oxygen atoms in total. The Morgan fingerprint density at radius 1 is 1.46 bits per heavy atom. The molecule has 1 amide bonds. The number of aryl methyl sites for hydroxylation is 1. The molecule has 2 atom stereocenters. The highest BCUT2D eigenvalue weighted by Gasteiger charge is 2.36. The molecule has 126 valence electrons. The first kappa shape index (κ1) is 15.2. The standard InChI is InChI=1S/C18H20FN3O2/c1-11-8-15(21-20-11)13-5-3-7-22(10-13)18(23)16-9-12-4-2-6-14(19)17(12)24-16/h2,4,6,8,13,16H,3,5,7,9-10H2,1H3,(H,20,21)/t13-,16+/m0/s1. The van der Waals surface area contributed by atoms with E-state index in [4.69, 9.17) is 4.74 Å². The van der Waals surface area contributed by atoms with Crippen LogP contribution in [-0.2, 0) is 11.2 Å². The number of fused-ring (bicyclic) bond motifs is 1. The third kappa shape index (κ3) is 2.66. The molecule has 6 heteroatoms. The average Bonchev–Trinajstić information content (AvgIpc) is 3.21. The fraction of sp³-hybridized carbons (Fsp3) is 0.444. The van der Waals surface area contributed by atoms with Crippen molar-refractivity contribution in [2.24, 2.45) is 0 Å². The van der Waals surface area contributed by atoms with Gasteiger partial charge in [0.2, 0.25) is 0 Å². The van der Waals surface area contributed by atoms with E-state index in [1.807, 2.05) is 24.0 Å². The summed E-state index contributed by atoms with van der Waals surface area (Å²) in [6.07, 6.45) is 1.79. The van der Waals surface area contributed by atoms with E-state index >= 15 is 0 Å². The Hall–Kier alpha value is -2.37. The van der Waals surface area contributed by atoms with Crippen LogP contribution >= 0.6 is 0 Å². The number of carbonyl (C=O) groups is 1. The first-order chi connectivity index (χ1) is 11.6. The number of para-hydroxylation sites is 1. The minimum absolute atomic E-state index is 0.0532. The summed E-state index contributed by atoms with van der Waals surface area (Å²) in [5.74, 6) is 0.0226. The number of H-pyrrole nitrogens is 1. The fourth-order valence-electron chi connectivity index (χ4n) is 3.64. The zero-order valence-electron chi connectivity index (χ0n) is 13.6. The SMILES string of the molecule is Cc1cc([C@H]2CCCN(C(=O)[C@H]3Cc4cccc(F)c4O3)C2)n[nH]1. The number of likely N-dealkylation sites (tertiary alicyclic amines) is 1. The molecule has 1 fully saturated rings. The van der Waals surface area contributed by atoms with Crippen molar-refractivity contribution in [3.63, 3.8) is 0 Å².